The second-order valence-corrected chi connectivity index (χ2v) is 5.05. The Bertz CT molecular complexity index is 534. The number of carbonyl (C=O) groups excluding carboxylic acids is 2. The van der Waals surface area contributed by atoms with Crippen molar-refractivity contribution in [1.29, 1.82) is 0 Å². The zero-order chi connectivity index (χ0) is 15.8. The zero-order valence-electron chi connectivity index (χ0n) is 12.7. The van der Waals surface area contributed by atoms with Crippen molar-refractivity contribution >= 4 is 18.0 Å². The summed E-state index contributed by atoms with van der Waals surface area (Å²) in [6.07, 6.45) is 4.52. The third-order valence-corrected chi connectivity index (χ3v) is 3.41. The van der Waals surface area contributed by atoms with Crippen LogP contribution in [-0.2, 0) is 9.59 Å². The lowest BCUT2D eigenvalue weighted by Crippen LogP contribution is -2.43. The first-order valence-electron chi connectivity index (χ1n) is 7.56. The van der Waals surface area contributed by atoms with Gasteiger partial charge in [0.1, 0.15) is 5.75 Å². The minimum Gasteiger partial charge on any atom is -0.494 e. The van der Waals surface area contributed by atoms with Gasteiger partial charge in [-0.05, 0) is 56.0 Å². The molecule has 0 aliphatic carbocycles. The summed E-state index contributed by atoms with van der Waals surface area (Å²) >= 11 is 0. The lowest BCUT2D eigenvalue weighted by Gasteiger charge is -2.25. The zero-order valence-corrected chi connectivity index (χ0v) is 12.7. The van der Waals surface area contributed by atoms with Gasteiger partial charge >= 0.3 is 11.8 Å². The Balaban J connectivity index is 1.83. The van der Waals surface area contributed by atoms with Crippen LogP contribution in [0.2, 0.25) is 0 Å². The van der Waals surface area contributed by atoms with Crippen molar-refractivity contribution < 1.29 is 14.3 Å². The second kappa shape index (κ2) is 8.17. The minimum atomic E-state index is -0.691. The van der Waals surface area contributed by atoms with Crippen molar-refractivity contribution in [2.24, 2.45) is 5.10 Å². The van der Waals surface area contributed by atoms with E-state index in [4.69, 9.17) is 4.74 Å². The average molecular weight is 303 g/mol. The lowest BCUT2D eigenvalue weighted by molar-refractivity contribution is -0.146. The minimum absolute atomic E-state index is 0.511. The van der Waals surface area contributed by atoms with Crippen LogP contribution in [0.15, 0.2) is 29.4 Å². The van der Waals surface area contributed by atoms with Gasteiger partial charge < -0.3 is 9.64 Å². The molecule has 1 fully saturated rings. The molecule has 0 aromatic heterocycles. The molecule has 1 N–H and O–H groups in total. The molecule has 1 heterocycles. The normalized spacial score (nSPS) is 14.9. The van der Waals surface area contributed by atoms with Crippen LogP contribution in [0.25, 0.3) is 0 Å². The molecule has 2 amide bonds. The van der Waals surface area contributed by atoms with E-state index in [0.29, 0.717) is 19.7 Å². The van der Waals surface area contributed by atoms with Crippen LogP contribution in [0.5, 0.6) is 5.75 Å². The molecule has 22 heavy (non-hydrogen) atoms. The highest BCUT2D eigenvalue weighted by Gasteiger charge is 2.22. The monoisotopic (exact) mass is 303 g/mol. The number of ether oxygens (including phenoxy) is 1. The van der Waals surface area contributed by atoms with Crippen LogP contribution < -0.4 is 10.2 Å². The number of benzene rings is 1. The molecule has 1 aromatic rings. The number of piperidine rings is 1. The fraction of sp³-hybridized carbons (Fsp3) is 0.438. The predicted octanol–water partition coefficient (Wildman–Crippen LogP) is 1.55. The van der Waals surface area contributed by atoms with Crippen molar-refractivity contribution in [2.75, 3.05) is 19.7 Å². The summed E-state index contributed by atoms with van der Waals surface area (Å²) in [4.78, 5) is 25.2. The quantitative estimate of drug-likeness (QED) is 0.521. The fourth-order valence-corrected chi connectivity index (χ4v) is 2.27. The summed E-state index contributed by atoms with van der Waals surface area (Å²) in [5.41, 5.74) is 3.09. The van der Waals surface area contributed by atoms with Gasteiger partial charge in [-0.2, -0.15) is 5.10 Å². The van der Waals surface area contributed by atoms with Gasteiger partial charge in [0.25, 0.3) is 0 Å². The van der Waals surface area contributed by atoms with E-state index in [0.717, 1.165) is 30.6 Å². The van der Waals surface area contributed by atoms with Crippen LogP contribution in [-0.4, -0.2) is 42.6 Å². The Labute approximate surface area is 130 Å². The Morgan fingerprint density at radius 3 is 2.55 bits per heavy atom. The maximum absolute atomic E-state index is 11.9. The molecule has 0 unspecified atom stereocenters. The van der Waals surface area contributed by atoms with E-state index in [1.54, 1.807) is 4.90 Å². The number of hydrogen-bond acceptors (Lipinski definition) is 4. The predicted molar refractivity (Wildman–Crippen MR) is 83.8 cm³/mol. The van der Waals surface area contributed by atoms with Crippen LogP contribution in [0.4, 0.5) is 0 Å². The van der Waals surface area contributed by atoms with E-state index in [2.05, 4.69) is 10.5 Å². The number of nitrogens with one attached hydrogen (secondary N) is 1. The topological polar surface area (TPSA) is 71.0 Å². The lowest BCUT2D eigenvalue weighted by atomic mass is 10.1. The summed E-state index contributed by atoms with van der Waals surface area (Å²) in [6, 6.07) is 7.30. The number of rotatable bonds is 4. The van der Waals surface area contributed by atoms with Gasteiger partial charge in [0.05, 0.1) is 12.8 Å². The van der Waals surface area contributed by atoms with Crippen molar-refractivity contribution in [3.05, 3.63) is 29.8 Å². The molecule has 1 aliphatic rings. The highest BCUT2D eigenvalue weighted by atomic mass is 16.5. The van der Waals surface area contributed by atoms with Crippen LogP contribution in [0.1, 0.15) is 31.7 Å². The third kappa shape index (κ3) is 4.58. The Hall–Kier alpha value is -2.37. The Morgan fingerprint density at radius 1 is 1.23 bits per heavy atom. The number of hydrogen-bond donors (Lipinski definition) is 1. The molecular weight excluding hydrogens is 282 g/mol. The van der Waals surface area contributed by atoms with E-state index in [1.165, 1.54) is 6.21 Å². The summed E-state index contributed by atoms with van der Waals surface area (Å²) < 4.78 is 5.34. The van der Waals surface area contributed by atoms with E-state index in [1.807, 2.05) is 31.2 Å². The van der Waals surface area contributed by atoms with Gasteiger partial charge in [0.2, 0.25) is 0 Å². The highest BCUT2D eigenvalue weighted by molar-refractivity contribution is 6.35. The van der Waals surface area contributed by atoms with Gasteiger partial charge in [-0.1, -0.05) is 0 Å². The first-order valence-corrected chi connectivity index (χ1v) is 7.56. The number of hydrazone groups is 1. The largest absolute Gasteiger partial charge is 0.494 e. The van der Waals surface area contributed by atoms with E-state index < -0.39 is 11.8 Å². The second-order valence-electron chi connectivity index (χ2n) is 5.05. The number of likely N-dealkylation sites (tertiary alicyclic amines) is 1. The van der Waals surface area contributed by atoms with E-state index in [-0.39, 0.29) is 0 Å². The van der Waals surface area contributed by atoms with Crippen LogP contribution in [0.3, 0.4) is 0 Å². The summed E-state index contributed by atoms with van der Waals surface area (Å²) in [5, 5.41) is 3.82. The number of carbonyl (C=O) groups is 2. The van der Waals surface area contributed by atoms with Crippen LogP contribution >= 0.6 is 0 Å². The van der Waals surface area contributed by atoms with Gasteiger partial charge in [0, 0.05) is 13.1 Å². The molecular formula is C16H21N3O3. The standard InChI is InChI=1S/C16H21N3O3/c1-2-22-14-8-6-13(7-9-14)12-17-18-15(20)16(21)19-10-4-3-5-11-19/h6-9,12H,2-5,10-11H2,1H3,(H,18,20)/b17-12-. The van der Waals surface area contributed by atoms with Crippen molar-refractivity contribution in [2.45, 2.75) is 26.2 Å². The smallest absolute Gasteiger partial charge is 0.329 e. The molecule has 118 valence electrons. The first kappa shape index (κ1) is 16.0. The summed E-state index contributed by atoms with van der Waals surface area (Å²) in [6.45, 7) is 3.83. The molecule has 1 aliphatic heterocycles. The SMILES string of the molecule is CCOc1ccc(/C=N\NC(=O)C(=O)N2CCCCC2)cc1. The molecule has 1 aromatic carbocycles. The first-order chi connectivity index (χ1) is 10.7. The molecule has 0 bridgehead atoms. The average Bonchev–Trinajstić information content (AvgIpc) is 2.56. The Kier molecular flexibility index (Phi) is 5.94. The van der Waals surface area contributed by atoms with Crippen molar-refractivity contribution in [3.63, 3.8) is 0 Å². The van der Waals surface area contributed by atoms with Gasteiger partial charge in [0.15, 0.2) is 0 Å². The molecule has 0 atom stereocenters. The number of nitrogens with zero attached hydrogens (tertiary/aromatic N) is 2. The van der Waals surface area contributed by atoms with Crippen LogP contribution in [0, 0.1) is 0 Å². The highest BCUT2D eigenvalue weighted by Crippen LogP contribution is 2.11. The summed E-state index contributed by atoms with van der Waals surface area (Å²) in [5.74, 6) is -0.420. The third-order valence-electron chi connectivity index (χ3n) is 3.41. The van der Waals surface area contributed by atoms with Gasteiger partial charge in [-0.3, -0.25) is 9.59 Å². The van der Waals surface area contributed by atoms with Gasteiger partial charge in [-0.25, -0.2) is 5.43 Å². The van der Waals surface area contributed by atoms with E-state index >= 15 is 0 Å². The molecule has 6 nitrogen and oxygen atoms in total. The Morgan fingerprint density at radius 2 is 1.91 bits per heavy atom. The van der Waals surface area contributed by atoms with Crippen molar-refractivity contribution in [1.82, 2.24) is 10.3 Å². The molecule has 0 radical (unpaired) electrons. The maximum atomic E-state index is 11.9. The fourth-order valence-electron chi connectivity index (χ4n) is 2.27. The van der Waals surface area contributed by atoms with Gasteiger partial charge in [-0.15, -0.1) is 0 Å². The maximum Gasteiger partial charge on any atom is 0.329 e. The van der Waals surface area contributed by atoms with Crippen molar-refractivity contribution in [3.8, 4) is 5.75 Å². The molecule has 6 heteroatoms. The number of amides is 2. The molecule has 1 saturated heterocycles. The summed E-state index contributed by atoms with van der Waals surface area (Å²) in [7, 11) is 0. The molecule has 0 spiro atoms. The van der Waals surface area contributed by atoms with E-state index in [9.17, 15) is 9.59 Å². The molecule has 2 rings (SSSR count). The molecule has 0 saturated carbocycles.